The second-order valence-electron chi connectivity index (χ2n) is 3.48. The minimum Gasteiger partial charge on any atom is -0.480 e. The fourth-order valence-electron chi connectivity index (χ4n) is 1.55. The van der Waals surface area contributed by atoms with Crippen LogP contribution in [-0.2, 0) is 4.79 Å². The molecule has 2 nitrogen and oxygen atoms in total. The summed E-state index contributed by atoms with van der Waals surface area (Å²) in [6, 6.07) is 7.13. The Balaban J connectivity index is 2.21. The van der Waals surface area contributed by atoms with Crippen LogP contribution >= 0.6 is 23.2 Å². The quantitative estimate of drug-likeness (QED) is 0.794. The summed E-state index contributed by atoms with van der Waals surface area (Å²) in [6.45, 7) is 0. The lowest BCUT2D eigenvalue weighted by atomic mass is 10.1. The van der Waals surface area contributed by atoms with Gasteiger partial charge in [0, 0.05) is 10.9 Å². The highest BCUT2D eigenvalue weighted by Gasteiger charge is 2.60. The molecule has 0 heterocycles. The summed E-state index contributed by atoms with van der Waals surface area (Å²) < 4.78 is 0. The van der Waals surface area contributed by atoms with Crippen molar-refractivity contribution in [1.82, 2.24) is 0 Å². The van der Waals surface area contributed by atoms with Gasteiger partial charge in [-0.15, -0.1) is 11.6 Å². The summed E-state index contributed by atoms with van der Waals surface area (Å²) in [5, 5.41) is 9.48. The zero-order chi connectivity index (χ0) is 10.3. The van der Waals surface area contributed by atoms with Crippen molar-refractivity contribution < 1.29 is 9.90 Å². The molecule has 0 aliphatic heterocycles. The van der Waals surface area contributed by atoms with Gasteiger partial charge in [0.15, 0.2) is 0 Å². The number of carboxylic acid groups (broad SMARTS) is 1. The Labute approximate surface area is 91.4 Å². The third-order valence-electron chi connectivity index (χ3n) is 2.52. The number of alkyl halides is 1. The number of carbonyl (C=O) groups is 1. The molecule has 0 spiro atoms. The number of benzene rings is 1. The van der Waals surface area contributed by atoms with Gasteiger partial charge in [-0.3, -0.25) is 4.79 Å². The highest BCUT2D eigenvalue weighted by molar-refractivity contribution is 6.37. The molecular weight excluding hydrogens is 223 g/mol. The first kappa shape index (κ1) is 9.81. The van der Waals surface area contributed by atoms with Crippen molar-refractivity contribution >= 4 is 29.2 Å². The number of aliphatic carboxylic acids is 1. The molecule has 2 atom stereocenters. The van der Waals surface area contributed by atoms with Gasteiger partial charge in [-0.05, 0) is 24.1 Å². The molecule has 1 aliphatic rings. The second-order valence-corrected chi connectivity index (χ2v) is 4.59. The fraction of sp³-hybridized carbons (Fsp3) is 0.300. The largest absolute Gasteiger partial charge is 0.480 e. The van der Waals surface area contributed by atoms with Gasteiger partial charge in [-0.1, -0.05) is 23.7 Å². The van der Waals surface area contributed by atoms with Crippen LogP contribution in [0.4, 0.5) is 0 Å². The molecule has 14 heavy (non-hydrogen) atoms. The highest BCUT2D eigenvalue weighted by atomic mass is 35.5. The van der Waals surface area contributed by atoms with Crippen molar-refractivity contribution in [3.63, 3.8) is 0 Å². The van der Waals surface area contributed by atoms with E-state index in [0.29, 0.717) is 11.4 Å². The molecule has 1 fully saturated rings. The molecule has 1 aromatic rings. The first-order chi connectivity index (χ1) is 6.54. The maximum atomic E-state index is 10.8. The Hall–Kier alpha value is -0.730. The fourth-order valence-corrected chi connectivity index (χ4v) is 1.96. The van der Waals surface area contributed by atoms with Gasteiger partial charge in [0.2, 0.25) is 0 Å². The summed E-state index contributed by atoms with van der Waals surface area (Å²) >= 11 is 11.6. The van der Waals surface area contributed by atoms with Crippen LogP contribution in [-0.4, -0.2) is 16.0 Å². The van der Waals surface area contributed by atoms with Crippen LogP contribution in [0.25, 0.3) is 0 Å². The molecule has 0 aromatic heterocycles. The topological polar surface area (TPSA) is 37.3 Å². The predicted octanol–water partition coefficient (Wildman–Crippen LogP) is 2.89. The van der Waals surface area contributed by atoms with Crippen molar-refractivity contribution in [2.45, 2.75) is 17.2 Å². The highest BCUT2D eigenvalue weighted by Crippen LogP contribution is 2.56. The van der Waals surface area contributed by atoms with Gasteiger partial charge >= 0.3 is 5.97 Å². The zero-order valence-corrected chi connectivity index (χ0v) is 8.72. The molecule has 4 heteroatoms. The van der Waals surface area contributed by atoms with Crippen molar-refractivity contribution in [3.05, 3.63) is 34.9 Å². The van der Waals surface area contributed by atoms with E-state index < -0.39 is 10.8 Å². The second kappa shape index (κ2) is 3.14. The van der Waals surface area contributed by atoms with Crippen molar-refractivity contribution in [1.29, 1.82) is 0 Å². The number of hydrogen-bond acceptors (Lipinski definition) is 1. The molecule has 1 saturated carbocycles. The molecule has 1 N–H and O–H groups in total. The van der Waals surface area contributed by atoms with E-state index in [2.05, 4.69) is 0 Å². The minimum absolute atomic E-state index is 0.0843. The first-order valence-corrected chi connectivity index (χ1v) is 4.97. The molecule has 2 unspecified atom stereocenters. The Bertz CT molecular complexity index is 374. The van der Waals surface area contributed by atoms with E-state index in [9.17, 15) is 4.79 Å². The van der Waals surface area contributed by atoms with E-state index >= 15 is 0 Å². The summed E-state index contributed by atoms with van der Waals surface area (Å²) in [7, 11) is 0. The molecule has 0 saturated heterocycles. The third-order valence-corrected chi connectivity index (χ3v) is 3.35. The van der Waals surface area contributed by atoms with Crippen LogP contribution in [0.2, 0.25) is 5.02 Å². The van der Waals surface area contributed by atoms with Crippen molar-refractivity contribution in [2.75, 3.05) is 0 Å². The lowest BCUT2D eigenvalue weighted by Gasteiger charge is -2.02. The molecular formula is C10H8Cl2O2. The first-order valence-electron chi connectivity index (χ1n) is 4.22. The lowest BCUT2D eigenvalue weighted by Crippen LogP contribution is -2.16. The van der Waals surface area contributed by atoms with E-state index in [0.717, 1.165) is 5.56 Å². The average Bonchev–Trinajstić information content (AvgIpc) is 2.81. The predicted molar refractivity (Wildman–Crippen MR) is 55.0 cm³/mol. The minimum atomic E-state index is -1.09. The summed E-state index contributed by atoms with van der Waals surface area (Å²) in [6.07, 6.45) is 0.492. The molecule has 0 amide bonds. The standard InChI is InChI=1S/C10H8Cl2O2/c11-7-3-1-6(2-4-7)8-5-10(8,12)9(13)14/h1-4,8H,5H2,(H,13,14). The van der Waals surface area contributed by atoms with E-state index in [1.54, 1.807) is 12.1 Å². The van der Waals surface area contributed by atoms with E-state index in [4.69, 9.17) is 28.3 Å². The average molecular weight is 231 g/mol. The molecule has 0 radical (unpaired) electrons. The van der Waals surface area contributed by atoms with Gasteiger partial charge in [-0.25, -0.2) is 0 Å². The summed E-state index contributed by atoms with van der Waals surface area (Å²) in [5.74, 6) is -1.03. The van der Waals surface area contributed by atoms with Crippen LogP contribution in [0.1, 0.15) is 17.9 Å². The Morgan fingerprint density at radius 2 is 2.00 bits per heavy atom. The van der Waals surface area contributed by atoms with Crippen LogP contribution in [0.15, 0.2) is 24.3 Å². The number of halogens is 2. The monoisotopic (exact) mass is 230 g/mol. The van der Waals surface area contributed by atoms with Gasteiger partial charge < -0.3 is 5.11 Å². The molecule has 1 aliphatic carbocycles. The molecule has 0 bridgehead atoms. The van der Waals surface area contributed by atoms with E-state index in [1.165, 1.54) is 0 Å². The Morgan fingerprint density at radius 3 is 2.43 bits per heavy atom. The smallest absolute Gasteiger partial charge is 0.325 e. The normalized spacial score (nSPS) is 30.0. The van der Waals surface area contributed by atoms with Crippen LogP contribution in [0, 0.1) is 0 Å². The maximum absolute atomic E-state index is 10.8. The Morgan fingerprint density at radius 1 is 1.43 bits per heavy atom. The molecule has 1 aromatic carbocycles. The van der Waals surface area contributed by atoms with E-state index in [1.807, 2.05) is 12.1 Å². The van der Waals surface area contributed by atoms with Crippen LogP contribution in [0.3, 0.4) is 0 Å². The summed E-state index contributed by atoms with van der Waals surface area (Å²) in [5.41, 5.74) is 0.937. The van der Waals surface area contributed by atoms with Crippen molar-refractivity contribution in [3.8, 4) is 0 Å². The van der Waals surface area contributed by atoms with Crippen LogP contribution in [0.5, 0.6) is 0 Å². The number of carboxylic acids is 1. The van der Waals surface area contributed by atoms with Gasteiger partial charge in [0.05, 0.1) is 0 Å². The molecule has 74 valence electrons. The van der Waals surface area contributed by atoms with E-state index in [-0.39, 0.29) is 5.92 Å². The zero-order valence-electron chi connectivity index (χ0n) is 7.21. The SMILES string of the molecule is O=C(O)C1(Cl)CC1c1ccc(Cl)cc1. The summed E-state index contributed by atoms with van der Waals surface area (Å²) in [4.78, 5) is 9.69. The maximum Gasteiger partial charge on any atom is 0.325 e. The lowest BCUT2D eigenvalue weighted by molar-refractivity contribution is -0.137. The van der Waals surface area contributed by atoms with Gasteiger partial charge in [-0.2, -0.15) is 0 Å². The Kier molecular flexibility index (Phi) is 2.20. The molecule has 2 rings (SSSR count). The van der Waals surface area contributed by atoms with Gasteiger partial charge in [0.25, 0.3) is 0 Å². The van der Waals surface area contributed by atoms with Crippen LogP contribution < -0.4 is 0 Å². The number of rotatable bonds is 2. The van der Waals surface area contributed by atoms with Gasteiger partial charge in [0.1, 0.15) is 4.87 Å². The number of hydrogen-bond donors (Lipinski definition) is 1. The third kappa shape index (κ3) is 1.49. The van der Waals surface area contributed by atoms with Crippen molar-refractivity contribution in [2.24, 2.45) is 0 Å².